The van der Waals surface area contributed by atoms with Gasteiger partial charge in [-0.3, -0.25) is 9.55 Å². The van der Waals surface area contributed by atoms with Crippen LogP contribution in [0.4, 0.5) is 0 Å². The topological polar surface area (TPSA) is 50.9 Å². The van der Waals surface area contributed by atoms with Crippen LogP contribution in [0, 0.1) is 6.07 Å². The molecule has 2 heterocycles. The fourth-order valence-corrected chi connectivity index (χ4v) is 10.1. The van der Waals surface area contributed by atoms with Crippen molar-refractivity contribution in [3.63, 3.8) is 0 Å². The van der Waals surface area contributed by atoms with E-state index in [1.54, 1.807) is 0 Å². The normalized spacial score (nSPS) is 13.3. The van der Waals surface area contributed by atoms with Crippen LogP contribution in [0.5, 0.6) is 5.75 Å². The van der Waals surface area contributed by atoms with Gasteiger partial charge >= 0.3 is 0 Å². The van der Waals surface area contributed by atoms with Crippen molar-refractivity contribution < 1.29 is 26.2 Å². The second-order valence-electron chi connectivity index (χ2n) is 22.0. The van der Waals surface area contributed by atoms with E-state index in [9.17, 15) is 5.11 Å². The number of benzene rings is 7. The number of rotatable bonds is 5. The SMILES string of the molecule is CC(C)(C)c1cc(-c2cc(-c3ccccc3)ccn2)[c-]c(-c2cccc3c2nc(-c2cc(C(C)(C)C)cc(C(C)(C)C)c2O)n3-c2cccc3c2-c2ccccc2-c2ccccc2C3(C)C)c1.[Pt]. The third kappa shape index (κ3) is 8.05. The number of hydrogen-bond donors (Lipinski definition) is 1. The monoisotopic (exact) mass is 1070 g/mol. The smallest absolute Gasteiger partial charge is 0.148 e. The van der Waals surface area contributed by atoms with Gasteiger partial charge in [-0.25, -0.2) is 4.98 Å². The molecule has 5 heteroatoms. The van der Waals surface area contributed by atoms with E-state index in [1.165, 1.54) is 33.4 Å². The Balaban J connectivity index is 0.00000578. The molecule has 68 heavy (non-hydrogen) atoms. The first kappa shape index (κ1) is 46.7. The number of aromatic hydroxyl groups is 1. The van der Waals surface area contributed by atoms with E-state index >= 15 is 0 Å². The Morgan fingerprint density at radius 1 is 0.529 bits per heavy atom. The number of hydrogen-bond acceptors (Lipinski definition) is 3. The van der Waals surface area contributed by atoms with Crippen molar-refractivity contribution in [2.24, 2.45) is 0 Å². The van der Waals surface area contributed by atoms with Crippen LogP contribution < -0.4 is 0 Å². The van der Waals surface area contributed by atoms with Crippen LogP contribution in [0.15, 0.2) is 158 Å². The average molecular weight is 1070 g/mol. The van der Waals surface area contributed by atoms with Crippen molar-refractivity contribution in [1.82, 2.24) is 14.5 Å². The third-order valence-corrected chi connectivity index (χ3v) is 13.9. The molecule has 9 aromatic rings. The summed E-state index contributed by atoms with van der Waals surface area (Å²) in [6.45, 7) is 24.7. The Bertz CT molecular complexity index is 3390. The van der Waals surface area contributed by atoms with Gasteiger partial charge in [-0.2, -0.15) is 0 Å². The zero-order chi connectivity index (χ0) is 47.2. The molecule has 0 atom stereocenters. The summed E-state index contributed by atoms with van der Waals surface area (Å²) in [7, 11) is 0. The molecule has 0 radical (unpaired) electrons. The third-order valence-electron chi connectivity index (χ3n) is 13.9. The first-order chi connectivity index (χ1) is 31.8. The molecule has 1 N–H and O–H groups in total. The van der Waals surface area contributed by atoms with Crippen LogP contribution >= 0.6 is 0 Å². The number of imidazole rings is 1. The molecule has 2 aromatic heterocycles. The number of aromatic nitrogens is 3. The standard InChI is InChI=1S/C63H60N3O.Pt/c1-60(2,3)43-34-41(33-42(35-43)53-36-40(31-32-64-53)39-21-13-12-14-22-39)45-26-19-30-55-57(45)65-59(49-37-44(61(4,5)6)38-52(58(49)67)62(7,8)9)66(55)54-29-20-28-51-56(54)48-25-16-15-23-46(48)47-24-17-18-27-50(47)63(51,10)11;/h12-32,34-38,67H,1-11H3;/q-1;. The largest absolute Gasteiger partial charge is 0.507 e. The summed E-state index contributed by atoms with van der Waals surface area (Å²) in [4.78, 5) is 10.7. The minimum atomic E-state index is -0.346. The van der Waals surface area contributed by atoms with Crippen molar-refractivity contribution in [3.05, 3.63) is 192 Å². The Morgan fingerprint density at radius 3 is 1.84 bits per heavy atom. The van der Waals surface area contributed by atoms with Crippen molar-refractivity contribution in [2.45, 2.75) is 97.8 Å². The number of phenols is 1. The second kappa shape index (κ2) is 17.0. The maximum atomic E-state index is 12.7. The van der Waals surface area contributed by atoms with Crippen molar-refractivity contribution >= 4 is 11.0 Å². The number of phenolic OH excluding ortho intramolecular Hbond substituents is 1. The molecule has 0 amide bonds. The quantitative estimate of drug-likeness (QED) is 0.175. The van der Waals surface area contributed by atoms with E-state index in [0.717, 1.165) is 66.9 Å². The van der Waals surface area contributed by atoms with Crippen LogP contribution in [0.1, 0.15) is 104 Å². The number of fused-ring (bicyclic) bond motifs is 6. The summed E-state index contributed by atoms with van der Waals surface area (Å²) in [6, 6.07) is 58.4. The molecule has 0 unspecified atom stereocenters. The van der Waals surface area contributed by atoms with E-state index in [2.05, 4.69) is 232 Å². The zero-order valence-electron chi connectivity index (χ0n) is 41.1. The summed E-state index contributed by atoms with van der Waals surface area (Å²) in [5, 5.41) is 12.7. The minimum absolute atomic E-state index is 0. The Morgan fingerprint density at radius 2 is 1.13 bits per heavy atom. The van der Waals surface area contributed by atoms with Gasteiger partial charge < -0.3 is 5.11 Å². The zero-order valence-corrected chi connectivity index (χ0v) is 43.4. The van der Waals surface area contributed by atoms with Crippen LogP contribution in [0.25, 0.3) is 83.9 Å². The van der Waals surface area contributed by atoms with Gasteiger partial charge in [-0.05, 0) is 85.0 Å². The van der Waals surface area contributed by atoms with E-state index in [0.29, 0.717) is 11.4 Å². The van der Waals surface area contributed by atoms with E-state index in [-0.39, 0.29) is 48.5 Å². The molecule has 0 bridgehead atoms. The molecule has 0 spiro atoms. The maximum Gasteiger partial charge on any atom is 0.148 e. The predicted molar refractivity (Wildman–Crippen MR) is 280 cm³/mol. The van der Waals surface area contributed by atoms with Crippen LogP contribution in [0.2, 0.25) is 0 Å². The molecule has 0 saturated carbocycles. The minimum Gasteiger partial charge on any atom is -0.507 e. The van der Waals surface area contributed by atoms with Crippen LogP contribution in [-0.2, 0) is 42.7 Å². The first-order valence-electron chi connectivity index (χ1n) is 23.6. The fourth-order valence-electron chi connectivity index (χ4n) is 10.1. The van der Waals surface area contributed by atoms with Gasteiger partial charge in [0.15, 0.2) is 0 Å². The molecular formula is C63H60N3OPt-. The van der Waals surface area contributed by atoms with Crippen molar-refractivity contribution in [1.29, 1.82) is 0 Å². The molecule has 1 aliphatic carbocycles. The Kier molecular flexibility index (Phi) is 11.7. The number of pyridine rings is 1. The van der Waals surface area contributed by atoms with Crippen molar-refractivity contribution in [3.8, 4) is 78.6 Å². The Hall–Kier alpha value is -6.35. The van der Waals surface area contributed by atoms with Gasteiger partial charge in [-0.15, -0.1) is 29.3 Å². The molecule has 0 saturated heterocycles. The van der Waals surface area contributed by atoms with Gasteiger partial charge in [-0.1, -0.05) is 203 Å². The van der Waals surface area contributed by atoms with E-state index in [4.69, 9.17) is 9.97 Å². The second-order valence-corrected chi connectivity index (χ2v) is 22.0. The summed E-state index contributed by atoms with van der Waals surface area (Å²) >= 11 is 0. The predicted octanol–water partition coefficient (Wildman–Crippen LogP) is 16.5. The van der Waals surface area contributed by atoms with Crippen LogP contribution in [0.3, 0.4) is 0 Å². The molecule has 0 fully saturated rings. The van der Waals surface area contributed by atoms with Gasteiger partial charge in [0.25, 0.3) is 0 Å². The summed E-state index contributed by atoms with van der Waals surface area (Å²) < 4.78 is 2.33. The van der Waals surface area contributed by atoms with Gasteiger partial charge in [0.05, 0.1) is 22.3 Å². The van der Waals surface area contributed by atoms with Gasteiger partial charge in [0, 0.05) is 49.5 Å². The van der Waals surface area contributed by atoms with E-state index < -0.39 is 0 Å². The molecule has 7 aromatic carbocycles. The van der Waals surface area contributed by atoms with E-state index in [1.807, 2.05) is 12.3 Å². The molecule has 0 aliphatic heterocycles. The maximum absolute atomic E-state index is 12.7. The number of nitrogens with zero attached hydrogens (tertiary/aromatic N) is 3. The first-order valence-corrected chi connectivity index (χ1v) is 23.6. The van der Waals surface area contributed by atoms with Gasteiger partial charge in [0.1, 0.15) is 11.6 Å². The Labute approximate surface area is 417 Å². The molecule has 10 rings (SSSR count). The molecule has 4 nitrogen and oxygen atoms in total. The molecule has 1 aliphatic rings. The van der Waals surface area contributed by atoms with Crippen molar-refractivity contribution in [2.75, 3.05) is 0 Å². The van der Waals surface area contributed by atoms with Crippen LogP contribution in [-0.4, -0.2) is 19.6 Å². The summed E-state index contributed by atoms with van der Waals surface area (Å²) in [5.74, 6) is 0.938. The molecule has 344 valence electrons. The summed E-state index contributed by atoms with van der Waals surface area (Å²) in [6.07, 6.45) is 1.90. The fraction of sp³-hybridized carbons (Fsp3) is 0.238. The van der Waals surface area contributed by atoms with Gasteiger partial charge in [0.2, 0.25) is 0 Å². The molecular weight excluding hydrogens is 1010 g/mol. The average Bonchev–Trinajstić information content (AvgIpc) is 3.66. The number of para-hydroxylation sites is 1. The summed E-state index contributed by atoms with van der Waals surface area (Å²) in [5.41, 5.74) is 18.8.